The summed E-state index contributed by atoms with van der Waals surface area (Å²) in [6, 6.07) is 5.98. The highest BCUT2D eigenvalue weighted by Gasteiger charge is 2.11. The summed E-state index contributed by atoms with van der Waals surface area (Å²) in [5, 5.41) is 11.8. The van der Waals surface area contributed by atoms with Gasteiger partial charge in [-0.25, -0.2) is 0 Å². The molecule has 0 heterocycles. The van der Waals surface area contributed by atoms with Gasteiger partial charge in [0.05, 0.1) is 0 Å². The van der Waals surface area contributed by atoms with Crippen LogP contribution in [0, 0.1) is 13.8 Å². The molecule has 0 aromatic heterocycles. The lowest BCUT2D eigenvalue weighted by Crippen LogP contribution is -2.38. The predicted molar refractivity (Wildman–Crippen MR) is 62.8 cm³/mol. The Kier molecular flexibility index (Phi) is 4.46. The van der Waals surface area contributed by atoms with E-state index in [1.807, 2.05) is 32.0 Å². The van der Waals surface area contributed by atoms with Crippen LogP contribution in [0.4, 0.5) is 0 Å². The first kappa shape index (κ1) is 12.7. The topological polar surface area (TPSA) is 75.3 Å². The number of aryl methyl sites for hydroxylation is 2. The van der Waals surface area contributed by atoms with Crippen LogP contribution in [0.1, 0.15) is 16.7 Å². The molecule has 0 fully saturated rings. The standard InChI is InChI=1S/C12H18N2O2/c1-8-3-4-10(5-9(8)2)7-14-12(16)11(15)6-13/h3-5,11,15H,6-7,13H2,1-2H3,(H,14,16). The Morgan fingerprint density at radius 2 is 2.12 bits per heavy atom. The van der Waals surface area contributed by atoms with Crippen LogP contribution >= 0.6 is 0 Å². The molecule has 1 unspecified atom stereocenters. The summed E-state index contributed by atoms with van der Waals surface area (Å²) in [5.74, 6) is -0.430. The fourth-order valence-corrected chi connectivity index (χ4v) is 1.33. The van der Waals surface area contributed by atoms with Gasteiger partial charge in [-0.2, -0.15) is 0 Å². The van der Waals surface area contributed by atoms with Crippen LogP contribution < -0.4 is 11.1 Å². The van der Waals surface area contributed by atoms with Gasteiger partial charge in [0, 0.05) is 13.1 Å². The number of carbonyl (C=O) groups excluding carboxylic acids is 1. The Balaban J connectivity index is 2.55. The summed E-state index contributed by atoms with van der Waals surface area (Å²) < 4.78 is 0. The molecule has 0 aliphatic carbocycles. The van der Waals surface area contributed by atoms with E-state index >= 15 is 0 Å². The van der Waals surface area contributed by atoms with E-state index in [9.17, 15) is 4.79 Å². The molecule has 1 aromatic carbocycles. The summed E-state index contributed by atoms with van der Waals surface area (Å²) in [6.07, 6.45) is -1.12. The van der Waals surface area contributed by atoms with E-state index in [-0.39, 0.29) is 6.54 Å². The second-order valence-corrected chi connectivity index (χ2v) is 3.89. The predicted octanol–water partition coefficient (Wildman–Crippen LogP) is 0.239. The highest BCUT2D eigenvalue weighted by atomic mass is 16.3. The van der Waals surface area contributed by atoms with E-state index in [0.29, 0.717) is 6.54 Å². The minimum atomic E-state index is -1.12. The number of nitrogens with two attached hydrogens (primary N) is 1. The number of carbonyl (C=O) groups is 1. The maximum Gasteiger partial charge on any atom is 0.250 e. The third kappa shape index (κ3) is 3.32. The minimum absolute atomic E-state index is 0.0568. The first-order valence-electron chi connectivity index (χ1n) is 5.26. The fraction of sp³-hybridized carbons (Fsp3) is 0.417. The van der Waals surface area contributed by atoms with Crippen LogP contribution in [0.25, 0.3) is 0 Å². The summed E-state index contributed by atoms with van der Waals surface area (Å²) in [6.45, 7) is 4.42. The van der Waals surface area contributed by atoms with Crippen molar-refractivity contribution in [1.29, 1.82) is 0 Å². The Bertz CT molecular complexity index is 377. The number of rotatable bonds is 4. The number of hydrogen-bond acceptors (Lipinski definition) is 3. The van der Waals surface area contributed by atoms with Gasteiger partial charge in [0.1, 0.15) is 6.10 Å². The lowest BCUT2D eigenvalue weighted by molar-refractivity contribution is -0.128. The van der Waals surface area contributed by atoms with E-state index in [0.717, 1.165) is 5.56 Å². The summed E-state index contributed by atoms with van der Waals surface area (Å²) in [7, 11) is 0. The fourth-order valence-electron chi connectivity index (χ4n) is 1.33. The van der Waals surface area contributed by atoms with Crippen LogP contribution in [0.5, 0.6) is 0 Å². The molecule has 1 aromatic rings. The molecule has 0 aliphatic heterocycles. The third-order valence-electron chi connectivity index (χ3n) is 2.56. The summed E-state index contributed by atoms with van der Waals surface area (Å²) >= 11 is 0. The number of amides is 1. The number of nitrogens with one attached hydrogen (secondary N) is 1. The number of hydrogen-bond donors (Lipinski definition) is 3. The molecule has 4 nitrogen and oxygen atoms in total. The Morgan fingerprint density at radius 3 is 2.69 bits per heavy atom. The minimum Gasteiger partial charge on any atom is -0.382 e. The van der Waals surface area contributed by atoms with Crippen molar-refractivity contribution in [2.75, 3.05) is 6.54 Å². The van der Waals surface area contributed by atoms with Gasteiger partial charge in [0.25, 0.3) is 0 Å². The van der Waals surface area contributed by atoms with Gasteiger partial charge < -0.3 is 16.2 Å². The molecule has 0 aliphatic rings. The van der Waals surface area contributed by atoms with Crippen LogP contribution in [0.3, 0.4) is 0 Å². The molecular weight excluding hydrogens is 204 g/mol. The quantitative estimate of drug-likeness (QED) is 0.683. The zero-order valence-electron chi connectivity index (χ0n) is 9.66. The van der Waals surface area contributed by atoms with E-state index in [2.05, 4.69) is 5.32 Å². The van der Waals surface area contributed by atoms with Crippen LogP contribution in [0.15, 0.2) is 18.2 Å². The number of benzene rings is 1. The molecule has 0 radical (unpaired) electrons. The monoisotopic (exact) mass is 222 g/mol. The summed E-state index contributed by atoms with van der Waals surface area (Å²) in [4.78, 5) is 11.3. The van der Waals surface area contributed by atoms with Gasteiger partial charge in [0.15, 0.2) is 0 Å². The van der Waals surface area contributed by atoms with Gasteiger partial charge >= 0.3 is 0 Å². The molecule has 4 N–H and O–H groups in total. The third-order valence-corrected chi connectivity index (χ3v) is 2.56. The van der Waals surface area contributed by atoms with Crippen molar-refractivity contribution in [3.63, 3.8) is 0 Å². The highest BCUT2D eigenvalue weighted by Crippen LogP contribution is 2.09. The van der Waals surface area contributed by atoms with E-state index in [1.165, 1.54) is 11.1 Å². The van der Waals surface area contributed by atoms with Crippen molar-refractivity contribution >= 4 is 5.91 Å². The van der Waals surface area contributed by atoms with E-state index in [4.69, 9.17) is 10.8 Å². The van der Waals surface area contributed by atoms with Gasteiger partial charge in [0.2, 0.25) is 5.91 Å². The molecule has 1 rings (SSSR count). The lowest BCUT2D eigenvalue weighted by atomic mass is 10.1. The Labute approximate surface area is 95.5 Å². The second-order valence-electron chi connectivity index (χ2n) is 3.89. The molecule has 4 heteroatoms. The molecule has 88 valence electrons. The number of aliphatic hydroxyl groups excluding tert-OH is 1. The van der Waals surface area contributed by atoms with E-state index in [1.54, 1.807) is 0 Å². The van der Waals surface area contributed by atoms with Crippen molar-refractivity contribution in [1.82, 2.24) is 5.32 Å². The maximum absolute atomic E-state index is 11.3. The molecule has 0 saturated heterocycles. The van der Waals surface area contributed by atoms with Crippen LogP contribution in [-0.2, 0) is 11.3 Å². The van der Waals surface area contributed by atoms with Crippen LogP contribution in [-0.4, -0.2) is 23.7 Å². The highest BCUT2D eigenvalue weighted by molar-refractivity contribution is 5.80. The van der Waals surface area contributed by atoms with Gasteiger partial charge in [-0.15, -0.1) is 0 Å². The first-order chi connectivity index (χ1) is 7.54. The zero-order valence-corrected chi connectivity index (χ0v) is 9.66. The largest absolute Gasteiger partial charge is 0.382 e. The molecule has 1 atom stereocenters. The first-order valence-corrected chi connectivity index (χ1v) is 5.26. The average Bonchev–Trinajstić information content (AvgIpc) is 2.29. The van der Waals surface area contributed by atoms with Crippen molar-refractivity contribution in [2.45, 2.75) is 26.5 Å². The zero-order chi connectivity index (χ0) is 12.1. The van der Waals surface area contributed by atoms with Crippen molar-refractivity contribution in [3.8, 4) is 0 Å². The van der Waals surface area contributed by atoms with Crippen molar-refractivity contribution in [3.05, 3.63) is 34.9 Å². The van der Waals surface area contributed by atoms with Crippen molar-refractivity contribution in [2.24, 2.45) is 5.73 Å². The number of aliphatic hydroxyl groups is 1. The second kappa shape index (κ2) is 5.63. The lowest BCUT2D eigenvalue weighted by Gasteiger charge is -2.10. The smallest absolute Gasteiger partial charge is 0.250 e. The van der Waals surface area contributed by atoms with E-state index < -0.39 is 12.0 Å². The summed E-state index contributed by atoms with van der Waals surface area (Å²) in [5.41, 5.74) is 8.60. The molecule has 0 saturated carbocycles. The van der Waals surface area contributed by atoms with Crippen LogP contribution in [0.2, 0.25) is 0 Å². The molecule has 0 spiro atoms. The maximum atomic E-state index is 11.3. The average molecular weight is 222 g/mol. The molecule has 1 amide bonds. The van der Waals surface area contributed by atoms with Gasteiger partial charge in [-0.3, -0.25) is 4.79 Å². The molecule has 0 bridgehead atoms. The Morgan fingerprint density at radius 1 is 1.44 bits per heavy atom. The van der Waals surface area contributed by atoms with Gasteiger partial charge in [-0.1, -0.05) is 18.2 Å². The molecular formula is C12H18N2O2. The Hall–Kier alpha value is -1.39. The van der Waals surface area contributed by atoms with Gasteiger partial charge in [-0.05, 0) is 30.5 Å². The SMILES string of the molecule is Cc1ccc(CNC(=O)C(O)CN)cc1C. The normalized spacial score (nSPS) is 12.2. The molecule has 16 heavy (non-hydrogen) atoms. The van der Waals surface area contributed by atoms with Crippen molar-refractivity contribution < 1.29 is 9.90 Å².